The topological polar surface area (TPSA) is 151 Å². The number of carbonyl (C=O) groups is 3. The predicted octanol–water partition coefficient (Wildman–Crippen LogP) is 0.459. The van der Waals surface area contributed by atoms with Crippen molar-refractivity contribution in [3.63, 3.8) is 0 Å². The number of amides is 2. The van der Waals surface area contributed by atoms with Crippen molar-refractivity contribution in [2.24, 2.45) is 5.73 Å². The molecule has 1 rings (SSSR count). The highest BCUT2D eigenvalue weighted by atomic mass is 16.6. The molecule has 10 heteroatoms. The molecule has 0 radical (unpaired) electrons. The van der Waals surface area contributed by atoms with Gasteiger partial charge in [-0.05, 0) is 13.0 Å². The maximum absolute atomic E-state index is 11.9. The van der Waals surface area contributed by atoms with Gasteiger partial charge in [-0.15, -0.1) is 0 Å². The van der Waals surface area contributed by atoms with Crippen LogP contribution in [-0.2, 0) is 25.5 Å². The van der Waals surface area contributed by atoms with E-state index < -0.39 is 28.7 Å². The van der Waals surface area contributed by atoms with Gasteiger partial charge in [-0.3, -0.25) is 24.5 Å². The minimum absolute atomic E-state index is 0.0919. The summed E-state index contributed by atoms with van der Waals surface area (Å²) in [6, 6.07) is 2.80. The maximum atomic E-state index is 11.9. The zero-order chi connectivity index (χ0) is 19.7. The first-order valence-corrected chi connectivity index (χ1v) is 7.84. The Labute approximate surface area is 149 Å². The Morgan fingerprint density at radius 2 is 2.00 bits per heavy atom. The second kappa shape index (κ2) is 9.97. The van der Waals surface area contributed by atoms with Gasteiger partial charge in [0.1, 0.15) is 11.8 Å². The summed E-state index contributed by atoms with van der Waals surface area (Å²) in [6.45, 7) is 1.85. The third kappa shape index (κ3) is 6.38. The summed E-state index contributed by atoms with van der Waals surface area (Å²) < 4.78 is 9.84. The van der Waals surface area contributed by atoms with E-state index in [1.165, 1.54) is 25.3 Å². The number of nitrogens with one attached hydrogen (secondary N) is 1. The Morgan fingerprint density at radius 3 is 2.54 bits per heavy atom. The number of nitro groups is 1. The van der Waals surface area contributed by atoms with Crippen LogP contribution in [0.1, 0.15) is 25.3 Å². The van der Waals surface area contributed by atoms with Crippen LogP contribution in [0.2, 0.25) is 0 Å². The van der Waals surface area contributed by atoms with Gasteiger partial charge in [0.15, 0.2) is 0 Å². The van der Waals surface area contributed by atoms with E-state index >= 15 is 0 Å². The van der Waals surface area contributed by atoms with E-state index in [0.29, 0.717) is 11.3 Å². The monoisotopic (exact) mass is 367 g/mol. The predicted molar refractivity (Wildman–Crippen MR) is 90.3 cm³/mol. The van der Waals surface area contributed by atoms with E-state index in [1.54, 1.807) is 6.92 Å². The van der Waals surface area contributed by atoms with Crippen molar-refractivity contribution in [1.82, 2.24) is 5.32 Å². The highest BCUT2D eigenvalue weighted by Crippen LogP contribution is 2.25. The van der Waals surface area contributed by atoms with Crippen molar-refractivity contribution in [3.05, 3.63) is 33.9 Å². The molecule has 0 bridgehead atoms. The second-order valence-corrected chi connectivity index (χ2v) is 5.28. The first-order valence-electron chi connectivity index (χ1n) is 7.84. The third-order valence-electron chi connectivity index (χ3n) is 3.44. The van der Waals surface area contributed by atoms with E-state index in [-0.39, 0.29) is 31.6 Å². The van der Waals surface area contributed by atoms with Crippen molar-refractivity contribution in [1.29, 1.82) is 0 Å². The fraction of sp³-hybridized carbons (Fsp3) is 0.438. The Hall–Kier alpha value is -3.17. The van der Waals surface area contributed by atoms with Crippen molar-refractivity contribution >= 4 is 23.5 Å². The Kier molecular flexibility index (Phi) is 8.00. The number of nitrogens with two attached hydrogens (primary N) is 1. The molecular formula is C16H21N3O7. The number of nitro benzene ring substituents is 1. The molecular weight excluding hydrogens is 346 g/mol. The molecule has 142 valence electrons. The summed E-state index contributed by atoms with van der Waals surface area (Å²) >= 11 is 0. The molecule has 0 spiro atoms. The highest BCUT2D eigenvalue weighted by Gasteiger charge is 2.22. The summed E-state index contributed by atoms with van der Waals surface area (Å²) in [5.74, 6) is -1.59. The van der Waals surface area contributed by atoms with E-state index in [2.05, 4.69) is 5.32 Å². The summed E-state index contributed by atoms with van der Waals surface area (Å²) in [5.41, 5.74) is 5.47. The molecule has 0 fully saturated rings. The lowest BCUT2D eigenvalue weighted by Crippen LogP contribution is -2.46. The number of ether oxygens (including phenoxy) is 2. The Bertz CT molecular complexity index is 690. The van der Waals surface area contributed by atoms with Crippen LogP contribution in [0.5, 0.6) is 5.75 Å². The van der Waals surface area contributed by atoms with Crippen LogP contribution in [0.25, 0.3) is 0 Å². The normalized spacial score (nSPS) is 11.3. The largest absolute Gasteiger partial charge is 0.496 e. The van der Waals surface area contributed by atoms with Crippen molar-refractivity contribution < 1.29 is 28.8 Å². The molecule has 0 heterocycles. The first-order chi connectivity index (χ1) is 12.3. The van der Waals surface area contributed by atoms with E-state index in [1.807, 2.05) is 0 Å². The molecule has 1 aromatic carbocycles. The standard InChI is InChI=1S/C16H21N3O7/c1-3-26-15(21)7-6-14(20)18-12(16(17)22)9-10-8-11(19(23)24)4-5-13(10)25-2/h4-5,8,12H,3,6-7,9H2,1-2H3,(H2,17,22)(H,18,20)/t12-/m0/s1. The average molecular weight is 367 g/mol. The molecule has 2 amide bonds. The molecule has 0 unspecified atom stereocenters. The van der Waals surface area contributed by atoms with Gasteiger partial charge in [0, 0.05) is 30.5 Å². The fourth-order valence-electron chi connectivity index (χ4n) is 2.20. The molecule has 10 nitrogen and oxygen atoms in total. The van der Waals surface area contributed by atoms with Crippen LogP contribution in [0.3, 0.4) is 0 Å². The van der Waals surface area contributed by atoms with E-state index in [4.69, 9.17) is 15.2 Å². The summed E-state index contributed by atoms with van der Waals surface area (Å²) in [6.07, 6.45) is -0.398. The second-order valence-electron chi connectivity index (χ2n) is 5.28. The first kappa shape index (κ1) is 20.9. The third-order valence-corrected chi connectivity index (χ3v) is 3.44. The van der Waals surface area contributed by atoms with Crippen LogP contribution in [0, 0.1) is 10.1 Å². The van der Waals surface area contributed by atoms with Crippen LogP contribution in [0.15, 0.2) is 18.2 Å². The number of non-ortho nitro benzene ring substituents is 1. The van der Waals surface area contributed by atoms with Gasteiger partial charge in [-0.2, -0.15) is 0 Å². The minimum Gasteiger partial charge on any atom is -0.496 e. The van der Waals surface area contributed by atoms with Crippen molar-refractivity contribution in [3.8, 4) is 5.75 Å². The lowest BCUT2D eigenvalue weighted by atomic mass is 10.0. The number of methoxy groups -OCH3 is 1. The highest BCUT2D eigenvalue weighted by molar-refractivity contribution is 5.88. The molecule has 0 aliphatic rings. The smallest absolute Gasteiger partial charge is 0.306 e. The molecule has 26 heavy (non-hydrogen) atoms. The minimum atomic E-state index is -1.11. The number of hydrogen-bond acceptors (Lipinski definition) is 7. The average Bonchev–Trinajstić information content (AvgIpc) is 2.59. The molecule has 0 saturated heterocycles. The van der Waals surface area contributed by atoms with Crippen molar-refractivity contribution in [2.75, 3.05) is 13.7 Å². The van der Waals surface area contributed by atoms with Gasteiger partial charge in [-0.1, -0.05) is 0 Å². The fourth-order valence-corrected chi connectivity index (χ4v) is 2.20. The lowest BCUT2D eigenvalue weighted by Gasteiger charge is -2.17. The molecule has 0 aliphatic heterocycles. The zero-order valence-corrected chi connectivity index (χ0v) is 14.5. The van der Waals surface area contributed by atoms with Crippen LogP contribution >= 0.6 is 0 Å². The lowest BCUT2D eigenvalue weighted by molar-refractivity contribution is -0.384. The van der Waals surface area contributed by atoms with E-state index in [0.717, 1.165) is 0 Å². The van der Waals surface area contributed by atoms with Gasteiger partial charge in [0.25, 0.3) is 5.69 Å². The Balaban J connectivity index is 2.84. The summed E-state index contributed by atoms with van der Waals surface area (Å²) in [5, 5.41) is 13.3. The number of rotatable bonds is 10. The maximum Gasteiger partial charge on any atom is 0.306 e. The zero-order valence-electron chi connectivity index (χ0n) is 14.5. The molecule has 1 atom stereocenters. The molecule has 1 aromatic rings. The van der Waals surface area contributed by atoms with Crippen LogP contribution < -0.4 is 15.8 Å². The Morgan fingerprint density at radius 1 is 1.31 bits per heavy atom. The number of hydrogen-bond donors (Lipinski definition) is 2. The van der Waals surface area contributed by atoms with Gasteiger partial charge in [0.05, 0.1) is 25.1 Å². The van der Waals surface area contributed by atoms with Crippen LogP contribution in [0.4, 0.5) is 5.69 Å². The number of nitrogens with zero attached hydrogens (tertiary/aromatic N) is 1. The van der Waals surface area contributed by atoms with E-state index in [9.17, 15) is 24.5 Å². The molecule has 3 N–H and O–H groups in total. The number of carbonyl (C=O) groups excluding carboxylic acids is 3. The summed E-state index contributed by atoms with van der Waals surface area (Å²) in [7, 11) is 1.38. The van der Waals surface area contributed by atoms with Crippen molar-refractivity contribution in [2.45, 2.75) is 32.2 Å². The number of esters is 1. The van der Waals surface area contributed by atoms with Gasteiger partial charge < -0.3 is 20.5 Å². The quantitative estimate of drug-likeness (QED) is 0.346. The SMILES string of the molecule is CCOC(=O)CCC(=O)N[C@@H](Cc1cc([N+](=O)[O-])ccc1OC)C(N)=O. The van der Waals surface area contributed by atoms with Crippen LogP contribution in [-0.4, -0.2) is 42.5 Å². The number of primary amides is 1. The van der Waals surface area contributed by atoms with Gasteiger partial charge in [0.2, 0.25) is 11.8 Å². The van der Waals surface area contributed by atoms with Gasteiger partial charge >= 0.3 is 5.97 Å². The number of benzene rings is 1. The van der Waals surface area contributed by atoms with Gasteiger partial charge in [-0.25, -0.2) is 0 Å². The molecule has 0 aromatic heterocycles. The molecule has 0 saturated carbocycles. The summed E-state index contributed by atoms with van der Waals surface area (Å²) in [4.78, 5) is 45.2. The molecule has 0 aliphatic carbocycles.